The quantitative estimate of drug-likeness (QED) is 0.789. The standard InChI is InChI=1S/C14H10FNOS2/c15-10-4-3-7-12(9(10)8-17)18-14-16-11-5-1-2-6-13(11)19-14/h1-7,17H,8H2. The summed E-state index contributed by atoms with van der Waals surface area (Å²) < 4.78 is 15.5. The van der Waals surface area contributed by atoms with Gasteiger partial charge in [0.2, 0.25) is 0 Å². The minimum absolute atomic E-state index is 0.306. The molecule has 0 saturated heterocycles. The van der Waals surface area contributed by atoms with Crippen LogP contribution in [0.5, 0.6) is 0 Å². The van der Waals surface area contributed by atoms with E-state index in [0.717, 1.165) is 14.6 Å². The Morgan fingerprint density at radius 2 is 2.00 bits per heavy atom. The van der Waals surface area contributed by atoms with E-state index in [4.69, 9.17) is 0 Å². The fourth-order valence-corrected chi connectivity index (χ4v) is 3.94. The molecule has 3 aromatic rings. The Morgan fingerprint density at radius 1 is 1.16 bits per heavy atom. The van der Waals surface area contributed by atoms with Crippen LogP contribution in [-0.4, -0.2) is 10.1 Å². The van der Waals surface area contributed by atoms with Crippen molar-refractivity contribution < 1.29 is 9.50 Å². The van der Waals surface area contributed by atoms with E-state index in [1.807, 2.05) is 24.3 Å². The molecule has 0 radical (unpaired) electrons. The van der Waals surface area contributed by atoms with Gasteiger partial charge in [0, 0.05) is 10.5 Å². The van der Waals surface area contributed by atoms with Gasteiger partial charge in [-0.15, -0.1) is 11.3 Å². The molecule has 3 rings (SSSR count). The topological polar surface area (TPSA) is 33.1 Å². The highest BCUT2D eigenvalue weighted by Gasteiger charge is 2.11. The van der Waals surface area contributed by atoms with Crippen molar-refractivity contribution in [1.29, 1.82) is 0 Å². The van der Waals surface area contributed by atoms with Gasteiger partial charge in [-0.3, -0.25) is 0 Å². The third-order valence-electron chi connectivity index (χ3n) is 2.71. The molecule has 2 aromatic carbocycles. The first kappa shape index (κ1) is 12.6. The Labute approximate surface area is 117 Å². The minimum atomic E-state index is -0.381. The second kappa shape index (κ2) is 5.28. The zero-order valence-corrected chi connectivity index (χ0v) is 11.5. The first-order valence-electron chi connectivity index (χ1n) is 5.69. The molecule has 19 heavy (non-hydrogen) atoms. The van der Waals surface area contributed by atoms with E-state index in [1.54, 1.807) is 23.5 Å². The molecule has 0 aliphatic heterocycles. The lowest BCUT2D eigenvalue weighted by Gasteiger charge is -2.05. The molecule has 1 N–H and O–H groups in total. The van der Waals surface area contributed by atoms with Crippen molar-refractivity contribution in [2.24, 2.45) is 0 Å². The number of benzene rings is 2. The maximum Gasteiger partial charge on any atom is 0.155 e. The Hall–Kier alpha value is -1.43. The fraction of sp³-hybridized carbons (Fsp3) is 0.0714. The molecule has 2 nitrogen and oxygen atoms in total. The van der Waals surface area contributed by atoms with Crippen LogP contribution in [0.3, 0.4) is 0 Å². The number of rotatable bonds is 3. The molecule has 0 bridgehead atoms. The zero-order chi connectivity index (χ0) is 13.2. The smallest absolute Gasteiger partial charge is 0.155 e. The number of para-hydroxylation sites is 1. The van der Waals surface area contributed by atoms with E-state index in [-0.39, 0.29) is 12.4 Å². The Kier molecular flexibility index (Phi) is 3.50. The summed E-state index contributed by atoms with van der Waals surface area (Å²) in [6.07, 6.45) is 0. The van der Waals surface area contributed by atoms with Crippen LogP contribution in [0.2, 0.25) is 0 Å². The van der Waals surface area contributed by atoms with Gasteiger partial charge >= 0.3 is 0 Å². The van der Waals surface area contributed by atoms with Gasteiger partial charge < -0.3 is 5.11 Å². The summed E-state index contributed by atoms with van der Waals surface area (Å²) in [7, 11) is 0. The number of nitrogens with zero attached hydrogens (tertiary/aromatic N) is 1. The van der Waals surface area contributed by atoms with Crippen molar-refractivity contribution in [3.8, 4) is 0 Å². The Morgan fingerprint density at radius 3 is 2.79 bits per heavy atom. The normalized spacial score (nSPS) is 11.1. The zero-order valence-electron chi connectivity index (χ0n) is 9.84. The van der Waals surface area contributed by atoms with Crippen LogP contribution in [0.4, 0.5) is 4.39 Å². The van der Waals surface area contributed by atoms with Gasteiger partial charge in [-0.1, -0.05) is 30.0 Å². The SMILES string of the molecule is OCc1c(F)cccc1Sc1nc2ccccc2s1. The number of halogens is 1. The van der Waals surface area contributed by atoms with Crippen molar-refractivity contribution in [2.75, 3.05) is 0 Å². The van der Waals surface area contributed by atoms with Crippen molar-refractivity contribution >= 4 is 33.3 Å². The lowest BCUT2D eigenvalue weighted by Crippen LogP contribution is -1.92. The van der Waals surface area contributed by atoms with Gasteiger partial charge in [0.25, 0.3) is 0 Å². The van der Waals surface area contributed by atoms with Crippen molar-refractivity contribution in [3.63, 3.8) is 0 Å². The maximum absolute atomic E-state index is 13.6. The predicted octanol–water partition coefficient (Wildman–Crippen LogP) is 4.08. The lowest BCUT2D eigenvalue weighted by atomic mass is 10.2. The van der Waals surface area contributed by atoms with Crippen LogP contribution >= 0.6 is 23.1 Å². The Balaban J connectivity index is 1.99. The van der Waals surface area contributed by atoms with E-state index < -0.39 is 0 Å². The first-order valence-corrected chi connectivity index (χ1v) is 7.33. The highest BCUT2D eigenvalue weighted by Crippen LogP contribution is 2.36. The van der Waals surface area contributed by atoms with E-state index in [2.05, 4.69) is 4.98 Å². The lowest BCUT2D eigenvalue weighted by molar-refractivity contribution is 0.272. The summed E-state index contributed by atoms with van der Waals surface area (Å²) in [6, 6.07) is 12.7. The van der Waals surface area contributed by atoms with Crippen LogP contribution < -0.4 is 0 Å². The highest BCUT2D eigenvalue weighted by atomic mass is 32.2. The van der Waals surface area contributed by atoms with Crippen molar-refractivity contribution in [2.45, 2.75) is 15.8 Å². The minimum Gasteiger partial charge on any atom is -0.392 e. The monoisotopic (exact) mass is 291 g/mol. The van der Waals surface area contributed by atoms with E-state index in [1.165, 1.54) is 17.8 Å². The average molecular weight is 291 g/mol. The summed E-state index contributed by atoms with van der Waals surface area (Å²) in [6.45, 7) is -0.306. The van der Waals surface area contributed by atoms with Gasteiger partial charge in [-0.05, 0) is 24.3 Å². The average Bonchev–Trinajstić information content (AvgIpc) is 2.81. The summed E-state index contributed by atoms with van der Waals surface area (Å²) in [5, 5.41) is 9.25. The van der Waals surface area contributed by atoms with Crippen LogP contribution in [0, 0.1) is 5.82 Å². The molecular weight excluding hydrogens is 281 g/mol. The van der Waals surface area contributed by atoms with Gasteiger partial charge in [-0.25, -0.2) is 9.37 Å². The third-order valence-corrected chi connectivity index (χ3v) is 4.90. The molecule has 0 unspecified atom stereocenters. The van der Waals surface area contributed by atoms with Gasteiger partial charge in [0.1, 0.15) is 5.82 Å². The number of aliphatic hydroxyl groups is 1. The third kappa shape index (κ3) is 2.49. The van der Waals surface area contributed by atoms with Crippen LogP contribution in [-0.2, 0) is 6.61 Å². The van der Waals surface area contributed by atoms with Gasteiger partial charge in [0.05, 0.1) is 16.8 Å². The molecule has 0 saturated carbocycles. The number of hydrogen-bond donors (Lipinski definition) is 1. The van der Waals surface area contributed by atoms with E-state index >= 15 is 0 Å². The van der Waals surface area contributed by atoms with Gasteiger partial charge in [-0.2, -0.15) is 0 Å². The summed E-state index contributed by atoms with van der Waals surface area (Å²) in [5.74, 6) is -0.381. The molecule has 0 aliphatic carbocycles. The number of aromatic nitrogens is 1. The highest BCUT2D eigenvalue weighted by molar-refractivity contribution is 8.01. The molecule has 0 spiro atoms. The van der Waals surface area contributed by atoms with E-state index in [9.17, 15) is 9.50 Å². The fourth-order valence-electron chi connectivity index (χ4n) is 1.78. The molecule has 1 aromatic heterocycles. The van der Waals surface area contributed by atoms with Crippen LogP contribution in [0.25, 0.3) is 10.2 Å². The predicted molar refractivity (Wildman–Crippen MR) is 76.1 cm³/mol. The summed E-state index contributed by atoms with van der Waals surface area (Å²) in [5.41, 5.74) is 1.27. The molecule has 0 fully saturated rings. The number of aliphatic hydroxyl groups excluding tert-OH is 1. The Bertz CT molecular complexity index is 693. The number of thiazole rings is 1. The second-order valence-electron chi connectivity index (χ2n) is 3.92. The summed E-state index contributed by atoms with van der Waals surface area (Å²) >= 11 is 2.95. The number of hydrogen-bond acceptors (Lipinski definition) is 4. The van der Waals surface area contributed by atoms with Crippen molar-refractivity contribution in [3.05, 3.63) is 53.8 Å². The molecule has 1 heterocycles. The summed E-state index contributed by atoms with van der Waals surface area (Å²) in [4.78, 5) is 5.20. The maximum atomic E-state index is 13.6. The molecule has 0 atom stereocenters. The second-order valence-corrected chi connectivity index (χ2v) is 6.24. The molecule has 0 amide bonds. The first-order chi connectivity index (χ1) is 9.28. The largest absolute Gasteiger partial charge is 0.392 e. The van der Waals surface area contributed by atoms with Crippen LogP contribution in [0.1, 0.15) is 5.56 Å². The molecule has 5 heteroatoms. The number of fused-ring (bicyclic) bond motifs is 1. The van der Waals surface area contributed by atoms with Crippen molar-refractivity contribution in [1.82, 2.24) is 4.98 Å². The molecule has 96 valence electrons. The van der Waals surface area contributed by atoms with Crippen LogP contribution in [0.15, 0.2) is 51.7 Å². The molecule has 0 aliphatic rings. The van der Waals surface area contributed by atoms with Gasteiger partial charge in [0.15, 0.2) is 4.34 Å². The molecular formula is C14H10FNOS2. The van der Waals surface area contributed by atoms with E-state index in [0.29, 0.717) is 10.5 Å².